The molecular formula is C13H17F3N2OS. The fourth-order valence-electron chi connectivity index (χ4n) is 2.31. The van der Waals surface area contributed by atoms with Gasteiger partial charge in [0.25, 0.3) is 0 Å². The fourth-order valence-corrected chi connectivity index (χ4v) is 3.05. The minimum absolute atomic E-state index is 0.105. The summed E-state index contributed by atoms with van der Waals surface area (Å²) >= 11 is 1.51. The highest BCUT2D eigenvalue weighted by Crippen LogP contribution is 2.33. The topological polar surface area (TPSA) is 32.3 Å². The molecule has 1 aliphatic rings. The predicted molar refractivity (Wildman–Crippen MR) is 71.6 cm³/mol. The summed E-state index contributed by atoms with van der Waals surface area (Å²) in [5, 5.41) is 4.66. The number of urea groups is 1. The molecule has 1 aliphatic heterocycles. The molecular weight excluding hydrogens is 289 g/mol. The number of hydrogen-bond acceptors (Lipinski definition) is 2. The van der Waals surface area contributed by atoms with Gasteiger partial charge in [-0.1, -0.05) is 6.07 Å². The summed E-state index contributed by atoms with van der Waals surface area (Å²) in [6.45, 7) is 1.97. The second-order valence-corrected chi connectivity index (χ2v) is 5.99. The van der Waals surface area contributed by atoms with Gasteiger partial charge < -0.3 is 10.2 Å². The molecule has 1 fully saturated rings. The monoisotopic (exact) mass is 306 g/mol. The van der Waals surface area contributed by atoms with Gasteiger partial charge in [0.15, 0.2) is 0 Å². The van der Waals surface area contributed by atoms with Crippen LogP contribution in [0.1, 0.15) is 30.7 Å². The van der Waals surface area contributed by atoms with Crippen molar-refractivity contribution in [1.82, 2.24) is 10.2 Å². The van der Waals surface area contributed by atoms with Crippen LogP contribution in [0.4, 0.5) is 18.0 Å². The van der Waals surface area contributed by atoms with Gasteiger partial charge in [-0.25, -0.2) is 4.79 Å². The van der Waals surface area contributed by atoms with Gasteiger partial charge in [-0.05, 0) is 31.2 Å². The van der Waals surface area contributed by atoms with Crippen LogP contribution in [-0.2, 0) is 0 Å². The van der Waals surface area contributed by atoms with E-state index in [-0.39, 0.29) is 19.0 Å². The number of thiophene rings is 1. The van der Waals surface area contributed by atoms with Crippen LogP contribution in [0.5, 0.6) is 0 Å². The highest BCUT2D eigenvalue weighted by molar-refractivity contribution is 7.10. The molecule has 0 bridgehead atoms. The number of alkyl halides is 3. The van der Waals surface area contributed by atoms with E-state index in [2.05, 4.69) is 5.32 Å². The van der Waals surface area contributed by atoms with Gasteiger partial charge in [0, 0.05) is 18.0 Å². The molecule has 112 valence electrons. The highest BCUT2D eigenvalue weighted by Gasteiger charge is 2.42. The van der Waals surface area contributed by atoms with Gasteiger partial charge in [0.1, 0.15) is 0 Å². The lowest BCUT2D eigenvalue weighted by molar-refractivity contribution is -0.184. The van der Waals surface area contributed by atoms with Gasteiger partial charge in [0.05, 0.1) is 12.0 Å². The molecule has 7 heteroatoms. The second kappa shape index (κ2) is 6.03. The molecule has 0 spiro atoms. The summed E-state index contributed by atoms with van der Waals surface area (Å²) in [7, 11) is 0. The number of halogens is 3. The molecule has 2 atom stereocenters. The van der Waals surface area contributed by atoms with Crippen LogP contribution in [0.2, 0.25) is 0 Å². The standard InChI is InChI=1S/C13H17F3N2OS/c1-9(11-5-3-7-20-11)17-12(19)18-6-2-4-10(8-18)13(14,15)16/h3,5,7,9-10H,2,4,6,8H2,1H3,(H,17,19)/t9-,10-/m1/s1. The fraction of sp³-hybridized carbons (Fsp3) is 0.615. The largest absolute Gasteiger partial charge is 0.393 e. The minimum Gasteiger partial charge on any atom is -0.331 e. The molecule has 0 aromatic carbocycles. The number of carbonyl (C=O) groups excluding carboxylic acids is 1. The van der Waals surface area contributed by atoms with Crippen molar-refractivity contribution in [3.05, 3.63) is 22.4 Å². The Labute approximate surface area is 119 Å². The Kier molecular flexibility index (Phi) is 4.57. The van der Waals surface area contributed by atoms with Crippen molar-refractivity contribution >= 4 is 17.4 Å². The van der Waals surface area contributed by atoms with Crippen molar-refractivity contribution in [1.29, 1.82) is 0 Å². The van der Waals surface area contributed by atoms with E-state index in [1.165, 1.54) is 16.2 Å². The normalized spacial score (nSPS) is 21.6. The molecule has 0 aliphatic carbocycles. The zero-order valence-corrected chi connectivity index (χ0v) is 11.9. The van der Waals surface area contributed by atoms with Crippen LogP contribution in [0.15, 0.2) is 17.5 Å². The average molecular weight is 306 g/mol. The van der Waals surface area contributed by atoms with E-state index in [0.29, 0.717) is 13.0 Å². The van der Waals surface area contributed by atoms with Crippen LogP contribution in [0.3, 0.4) is 0 Å². The van der Waals surface area contributed by atoms with Crippen LogP contribution in [-0.4, -0.2) is 30.2 Å². The number of nitrogens with zero attached hydrogens (tertiary/aromatic N) is 1. The quantitative estimate of drug-likeness (QED) is 0.886. The highest BCUT2D eigenvalue weighted by atomic mass is 32.1. The lowest BCUT2D eigenvalue weighted by Gasteiger charge is -2.34. The third-order valence-electron chi connectivity index (χ3n) is 3.48. The van der Waals surface area contributed by atoms with E-state index in [1.807, 2.05) is 24.4 Å². The first-order valence-electron chi connectivity index (χ1n) is 6.53. The minimum atomic E-state index is -4.22. The van der Waals surface area contributed by atoms with E-state index in [1.54, 1.807) is 0 Å². The Morgan fingerprint density at radius 3 is 2.90 bits per heavy atom. The van der Waals surface area contributed by atoms with E-state index < -0.39 is 18.1 Å². The Morgan fingerprint density at radius 2 is 2.30 bits per heavy atom. The molecule has 2 heterocycles. The molecule has 1 aromatic heterocycles. The number of amides is 2. The third-order valence-corrected chi connectivity index (χ3v) is 4.54. The van der Waals surface area contributed by atoms with E-state index in [9.17, 15) is 18.0 Å². The van der Waals surface area contributed by atoms with Crippen LogP contribution in [0.25, 0.3) is 0 Å². The zero-order chi connectivity index (χ0) is 14.8. The smallest absolute Gasteiger partial charge is 0.331 e. The summed E-state index contributed by atoms with van der Waals surface area (Å²) in [4.78, 5) is 14.3. The van der Waals surface area contributed by atoms with Crippen molar-refractivity contribution < 1.29 is 18.0 Å². The van der Waals surface area contributed by atoms with Crippen LogP contribution in [0, 0.1) is 5.92 Å². The number of likely N-dealkylation sites (tertiary alicyclic amines) is 1. The number of hydrogen-bond donors (Lipinski definition) is 1. The number of carbonyl (C=O) groups is 1. The maximum absolute atomic E-state index is 12.7. The van der Waals surface area contributed by atoms with Gasteiger partial charge >= 0.3 is 12.2 Å². The van der Waals surface area contributed by atoms with Gasteiger partial charge in [-0.3, -0.25) is 0 Å². The maximum atomic E-state index is 12.7. The average Bonchev–Trinajstić information content (AvgIpc) is 2.91. The Bertz CT molecular complexity index is 447. The molecule has 0 unspecified atom stereocenters. The third kappa shape index (κ3) is 3.65. The summed E-state index contributed by atoms with van der Waals surface area (Å²) in [6, 6.07) is 3.17. The van der Waals surface area contributed by atoms with Crippen molar-refractivity contribution in [3.63, 3.8) is 0 Å². The molecule has 1 saturated heterocycles. The first-order chi connectivity index (χ1) is 9.38. The van der Waals surface area contributed by atoms with E-state index in [4.69, 9.17) is 0 Å². The van der Waals surface area contributed by atoms with Gasteiger partial charge in [-0.15, -0.1) is 11.3 Å². The lowest BCUT2D eigenvalue weighted by atomic mass is 9.98. The van der Waals surface area contributed by atoms with Gasteiger partial charge in [0.2, 0.25) is 0 Å². The lowest BCUT2D eigenvalue weighted by Crippen LogP contribution is -2.48. The summed E-state index contributed by atoms with van der Waals surface area (Å²) in [6.07, 6.45) is -3.73. The molecule has 1 aromatic rings. The molecule has 20 heavy (non-hydrogen) atoms. The Morgan fingerprint density at radius 1 is 1.55 bits per heavy atom. The molecule has 3 nitrogen and oxygen atoms in total. The molecule has 2 rings (SSSR count). The summed E-state index contributed by atoms with van der Waals surface area (Å²) < 4.78 is 38.1. The zero-order valence-electron chi connectivity index (χ0n) is 11.1. The SMILES string of the molecule is C[C@@H](NC(=O)N1CCC[C@@H](C(F)(F)F)C1)c1cccs1. The van der Waals surface area contributed by atoms with Crippen molar-refractivity contribution in [2.75, 3.05) is 13.1 Å². The first-order valence-corrected chi connectivity index (χ1v) is 7.41. The predicted octanol–water partition coefficient (Wildman–Crippen LogP) is 3.79. The summed E-state index contributed by atoms with van der Waals surface area (Å²) in [5.74, 6) is -1.40. The number of nitrogens with one attached hydrogen (secondary N) is 1. The molecule has 0 saturated carbocycles. The van der Waals surface area contributed by atoms with E-state index >= 15 is 0 Å². The molecule has 0 radical (unpaired) electrons. The molecule has 2 amide bonds. The van der Waals surface area contributed by atoms with Crippen molar-refractivity contribution in [3.8, 4) is 0 Å². The summed E-state index contributed by atoms with van der Waals surface area (Å²) in [5.41, 5.74) is 0. The Balaban J connectivity index is 1.92. The van der Waals surface area contributed by atoms with Gasteiger partial charge in [-0.2, -0.15) is 13.2 Å². The number of piperidine rings is 1. The van der Waals surface area contributed by atoms with Crippen molar-refractivity contribution in [2.45, 2.75) is 32.0 Å². The molecule has 1 N–H and O–H groups in total. The van der Waals surface area contributed by atoms with Crippen molar-refractivity contribution in [2.24, 2.45) is 5.92 Å². The second-order valence-electron chi connectivity index (χ2n) is 5.01. The van der Waals surface area contributed by atoms with E-state index in [0.717, 1.165) is 4.88 Å². The number of rotatable bonds is 2. The van der Waals surface area contributed by atoms with Crippen LogP contribution < -0.4 is 5.32 Å². The maximum Gasteiger partial charge on any atom is 0.393 e. The van der Waals surface area contributed by atoms with Crippen LogP contribution >= 0.6 is 11.3 Å². The first kappa shape index (κ1) is 15.2. The Hall–Kier alpha value is -1.24.